The number of hydrogen-bond acceptors (Lipinski definition) is 2. The van der Waals surface area contributed by atoms with Crippen molar-refractivity contribution >= 4 is 53.7 Å². The van der Waals surface area contributed by atoms with Crippen molar-refractivity contribution in [1.82, 2.24) is 0 Å². The first-order chi connectivity index (χ1) is 30.1. The number of benzene rings is 8. The highest BCUT2D eigenvalue weighted by molar-refractivity contribution is 7.26. The van der Waals surface area contributed by atoms with Gasteiger partial charge in [0.15, 0.2) is 0 Å². The molecule has 2 aliphatic rings. The van der Waals surface area contributed by atoms with Crippen molar-refractivity contribution < 1.29 is 0 Å². The fraction of sp³-hybridized carbons (Fsp3) is 0.0508. The summed E-state index contributed by atoms with van der Waals surface area (Å²) in [7, 11) is 0. The molecule has 290 valence electrons. The lowest BCUT2D eigenvalue weighted by Gasteiger charge is -2.33. The molecule has 1 heterocycles. The van der Waals surface area contributed by atoms with Crippen LogP contribution in [0.15, 0.2) is 230 Å². The summed E-state index contributed by atoms with van der Waals surface area (Å²) in [5, 5.41) is 5.03. The molecule has 0 radical (unpaired) electrons. The Bertz CT molecular complexity index is 3350. The summed E-state index contributed by atoms with van der Waals surface area (Å²) in [4.78, 5) is 2.45. The SMILES string of the molecule is C=C/C=C/C=C(\C=C(C)\C=C/C)N(c1ccc2c(c1)C1(c3cc(-c4ccccc4)ccc3-2)c2ccccc2-c2c1ccc1c2sc2ccccc21)c1cccc2ccccc12. The van der Waals surface area contributed by atoms with Gasteiger partial charge in [-0.3, -0.25) is 0 Å². The highest BCUT2D eigenvalue weighted by atomic mass is 32.1. The molecule has 0 N–H and O–H groups in total. The van der Waals surface area contributed by atoms with Crippen LogP contribution in [0.4, 0.5) is 11.4 Å². The van der Waals surface area contributed by atoms with Gasteiger partial charge in [-0.25, -0.2) is 0 Å². The average Bonchev–Trinajstić information content (AvgIpc) is 3.93. The van der Waals surface area contributed by atoms with Crippen molar-refractivity contribution in [3.8, 4) is 33.4 Å². The Morgan fingerprint density at radius 3 is 2.18 bits per heavy atom. The summed E-state index contributed by atoms with van der Waals surface area (Å²) in [5.41, 5.74) is 16.9. The first-order valence-corrected chi connectivity index (χ1v) is 21.9. The average molecular weight is 798 g/mol. The second kappa shape index (κ2) is 14.8. The number of anilines is 2. The predicted octanol–water partition coefficient (Wildman–Crippen LogP) is 16.5. The highest BCUT2D eigenvalue weighted by Gasteiger charge is 2.52. The van der Waals surface area contributed by atoms with Crippen LogP contribution in [0.3, 0.4) is 0 Å². The number of rotatable bonds is 8. The van der Waals surface area contributed by atoms with E-state index in [1.165, 1.54) is 86.6 Å². The number of thiophene rings is 1. The van der Waals surface area contributed by atoms with Gasteiger partial charge in [-0.15, -0.1) is 11.3 Å². The second-order valence-electron chi connectivity index (χ2n) is 16.0. The largest absolute Gasteiger partial charge is 0.310 e. The maximum Gasteiger partial charge on any atom is 0.0727 e. The minimum atomic E-state index is -0.560. The molecule has 2 aliphatic carbocycles. The highest BCUT2D eigenvalue weighted by Crippen LogP contribution is 2.65. The Kier molecular flexibility index (Phi) is 8.91. The van der Waals surface area contributed by atoms with E-state index < -0.39 is 5.41 Å². The Balaban J connectivity index is 1.25. The van der Waals surface area contributed by atoms with Gasteiger partial charge in [0, 0.05) is 42.5 Å². The van der Waals surface area contributed by atoms with Crippen LogP contribution in [0.1, 0.15) is 36.1 Å². The van der Waals surface area contributed by atoms with E-state index in [4.69, 9.17) is 0 Å². The predicted molar refractivity (Wildman–Crippen MR) is 263 cm³/mol. The van der Waals surface area contributed by atoms with Crippen molar-refractivity contribution in [3.05, 3.63) is 252 Å². The molecule has 1 unspecified atom stereocenters. The zero-order chi connectivity index (χ0) is 41.1. The van der Waals surface area contributed by atoms with E-state index in [0.29, 0.717) is 0 Å². The minimum Gasteiger partial charge on any atom is -0.310 e. The zero-order valence-corrected chi connectivity index (χ0v) is 35.1. The summed E-state index contributed by atoms with van der Waals surface area (Å²) in [6, 6.07) is 63.5. The molecular weight excluding hydrogens is 755 g/mol. The Morgan fingerprint density at radius 2 is 1.33 bits per heavy atom. The number of fused-ring (bicyclic) bond motifs is 15. The van der Waals surface area contributed by atoms with Crippen molar-refractivity contribution in [2.45, 2.75) is 19.3 Å². The van der Waals surface area contributed by atoms with Crippen LogP contribution < -0.4 is 4.90 Å². The van der Waals surface area contributed by atoms with Gasteiger partial charge >= 0.3 is 0 Å². The van der Waals surface area contributed by atoms with E-state index in [1.807, 2.05) is 23.5 Å². The molecule has 1 aromatic heterocycles. The van der Waals surface area contributed by atoms with Crippen LogP contribution in [0, 0.1) is 0 Å². The summed E-state index contributed by atoms with van der Waals surface area (Å²) in [6.07, 6.45) is 14.7. The third-order valence-corrected chi connectivity index (χ3v) is 13.8. The topological polar surface area (TPSA) is 3.24 Å². The zero-order valence-electron chi connectivity index (χ0n) is 34.3. The van der Waals surface area contributed by atoms with E-state index in [0.717, 1.165) is 22.6 Å². The first-order valence-electron chi connectivity index (χ1n) is 21.1. The van der Waals surface area contributed by atoms with Gasteiger partial charge in [-0.05, 0) is 117 Å². The minimum absolute atomic E-state index is 0.560. The molecule has 0 saturated carbocycles. The van der Waals surface area contributed by atoms with Gasteiger partial charge in [0.25, 0.3) is 0 Å². The molecule has 1 atom stereocenters. The summed E-state index contributed by atoms with van der Waals surface area (Å²) in [6.45, 7) is 8.24. The molecule has 9 aromatic rings. The second-order valence-corrected chi connectivity index (χ2v) is 17.1. The van der Waals surface area contributed by atoms with Gasteiger partial charge in [0.2, 0.25) is 0 Å². The molecule has 2 heteroatoms. The monoisotopic (exact) mass is 797 g/mol. The fourth-order valence-corrected chi connectivity index (χ4v) is 11.4. The van der Waals surface area contributed by atoms with Crippen LogP contribution in [-0.4, -0.2) is 0 Å². The molecule has 0 amide bonds. The third kappa shape index (κ3) is 5.67. The van der Waals surface area contributed by atoms with Crippen LogP contribution in [0.25, 0.3) is 64.3 Å². The van der Waals surface area contributed by atoms with Gasteiger partial charge < -0.3 is 4.90 Å². The van der Waals surface area contributed by atoms with Gasteiger partial charge in [0.05, 0.1) is 11.1 Å². The lowest BCUT2D eigenvalue weighted by molar-refractivity contribution is 0.794. The van der Waals surface area contributed by atoms with Gasteiger partial charge in [0.1, 0.15) is 0 Å². The molecule has 1 spiro atoms. The number of allylic oxidation sites excluding steroid dienone is 8. The number of hydrogen-bond donors (Lipinski definition) is 0. The van der Waals surface area contributed by atoms with E-state index in [2.05, 4.69) is 226 Å². The van der Waals surface area contributed by atoms with Crippen LogP contribution >= 0.6 is 11.3 Å². The normalized spacial score (nSPS) is 15.6. The van der Waals surface area contributed by atoms with Crippen LogP contribution in [0.2, 0.25) is 0 Å². The van der Waals surface area contributed by atoms with Crippen molar-refractivity contribution in [2.24, 2.45) is 0 Å². The molecule has 0 bridgehead atoms. The van der Waals surface area contributed by atoms with E-state index in [-0.39, 0.29) is 0 Å². The summed E-state index contributed by atoms with van der Waals surface area (Å²) < 4.78 is 2.68. The Labute approximate surface area is 361 Å². The van der Waals surface area contributed by atoms with Crippen molar-refractivity contribution in [1.29, 1.82) is 0 Å². The maximum atomic E-state index is 3.99. The lowest BCUT2D eigenvalue weighted by Crippen LogP contribution is -2.26. The number of nitrogens with zero attached hydrogens (tertiary/aromatic N) is 1. The Morgan fingerprint density at radius 1 is 0.590 bits per heavy atom. The quantitative estimate of drug-likeness (QED) is 0.138. The molecule has 11 rings (SSSR count). The molecule has 8 aromatic carbocycles. The van der Waals surface area contributed by atoms with E-state index in [9.17, 15) is 0 Å². The fourth-order valence-electron chi connectivity index (χ4n) is 10.2. The maximum absolute atomic E-state index is 3.99. The third-order valence-electron chi connectivity index (χ3n) is 12.6. The Hall–Kier alpha value is -7.26. The summed E-state index contributed by atoms with van der Waals surface area (Å²) >= 11 is 1.92. The van der Waals surface area contributed by atoms with Gasteiger partial charge in [-0.1, -0.05) is 176 Å². The summed E-state index contributed by atoms with van der Waals surface area (Å²) in [5.74, 6) is 0. The van der Waals surface area contributed by atoms with Gasteiger partial charge in [-0.2, -0.15) is 0 Å². The lowest BCUT2D eigenvalue weighted by atomic mass is 9.70. The molecular formula is C59H43NS. The van der Waals surface area contributed by atoms with E-state index in [1.54, 1.807) is 0 Å². The molecule has 0 fully saturated rings. The van der Waals surface area contributed by atoms with Crippen LogP contribution in [-0.2, 0) is 5.41 Å². The smallest absolute Gasteiger partial charge is 0.0727 e. The first kappa shape index (κ1) is 36.8. The van der Waals surface area contributed by atoms with Crippen LogP contribution in [0.5, 0.6) is 0 Å². The molecule has 61 heavy (non-hydrogen) atoms. The molecule has 1 nitrogen and oxygen atoms in total. The van der Waals surface area contributed by atoms with Crippen molar-refractivity contribution in [3.63, 3.8) is 0 Å². The molecule has 0 saturated heterocycles. The standard InChI is InChI=1S/C59H43NS/c1-4-6-8-23-43(36-39(3)18-5-2)60(55-28-17-22-41-21-11-12-24-45(41)55)44-31-33-47-46-32-30-42(40-19-9-7-10-20-40)37-53(46)59(54(47)38-44)51-27-15-13-26-50(51)57-52(59)35-34-49-48-25-14-16-29-56(48)61-58(49)57/h4-38H,1H2,2-3H3/b8-6+,18-5-,39-36+,43-23+. The molecule has 0 aliphatic heterocycles. The van der Waals surface area contributed by atoms with Crippen molar-refractivity contribution in [2.75, 3.05) is 4.90 Å². The van der Waals surface area contributed by atoms with E-state index >= 15 is 0 Å².